The number of hydrogen-bond acceptors (Lipinski definition) is 0. The first-order chi connectivity index (χ1) is 8.41. The van der Waals surface area contributed by atoms with Crippen LogP contribution in [0.5, 0.6) is 0 Å². The van der Waals surface area contributed by atoms with Crippen LogP contribution < -0.4 is 0 Å². The minimum atomic E-state index is 0. The van der Waals surface area contributed by atoms with E-state index in [9.17, 15) is 0 Å². The summed E-state index contributed by atoms with van der Waals surface area (Å²) in [5, 5.41) is 0. The van der Waals surface area contributed by atoms with Crippen LogP contribution >= 0.6 is 11.6 Å². The molecule has 0 aliphatic carbocycles. The third-order valence-electron chi connectivity index (χ3n) is 3.49. The fraction of sp³-hybridized carbons (Fsp3) is 1.00. The van der Waals surface area contributed by atoms with Gasteiger partial charge in [-0.15, -0.1) is 11.6 Å². The van der Waals surface area contributed by atoms with Gasteiger partial charge in [-0.3, -0.25) is 0 Å². The third kappa shape index (κ3) is 19.6. The molecule has 0 rings (SSSR count). The van der Waals surface area contributed by atoms with Crippen molar-refractivity contribution in [2.24, 2.45) is 0 Å². The summed E-state index contributed by atoms with van der Waals surface area (Å²) < 4.78 is 0. The summed E-state index contributed by atoms with van der Waals surface area (Å²) >= 11 is 5.64. The molecule has 0 aromatic rings. The third-order valence-corrected chi connectivity index (χ3v) is 3.75. The predicted octanol–water partition coefficient (Wildman–Crippen LogP) is 6.06. The molecule has 0 bridgehead atoms. The first kappa shape index (κ1) is 21.6. The molecular formula is C16H34ClNa. The Hall–Kier alpha value is 1.29. The van der Waals surface area contributed by atoms with Crippen molar-refractivity contribution in [1.82, 2.24) is 0 Å². The minimum absolute atomic E-state index is 0. The number of halogens is 1. The van der Waals surface area contributed by atoms with E-state index in [2.05, 4.69) is 6.92 Å². The Labute approximate surface area is 143 Å². The number of alkyl halides is 1. The van der Waals surface area contributed by atoms with E-state index < -0.39 is 0 Å². The van der Waals surface area contributed by atoms with Gasteiger partial charge in [-0.25, -0.2) is 0 Å². The summed E-state index contributed by atoms with van der Waals surface area (Å²) in [4.78, 5) is 0. The Balaban J connectivity index is 0. The molecule has 0 unspecified atom stereocenters. The van der Waals surface area contributed by atoms with Crippen LogP contribution in [0.2, 0.25) is 0 Å². The van der Waals surface area contributed by atoms with Crippen LogP contribution in [0.25, 0.3) is 0 Å². The van der Waals surface area contributed by atoms with E-state index >= 15 is 0 Å². The number of rotatable bonds is 14. The molecule has 0 spiro atoms. The molecule has 0 aliphatic rings. The second kappa shape index (κ2) is 20.6. The van der Waals surface area contributed by atoms with E-state index in [0.29, 0.717) is 0 Å². The Kier molecular flexibility index (Phi) is 24.7. The van der Waals surface area contributed by atoms with E-state index in [1.807, 2.05) is 0 Å². The summed E-state index contributed by atoms with van der Waals surface area (Å²) in [6, 6.07) is 0. The van der Waals surface area contributed by atoms with E-state index in [0.717, 1.165) is 5.88 Å². The standard InChI is InChI=1S/C16H33Cl.Na.H/c1-2-3-4-5-6-7-8-9-10-11-12-13-14-15-16-17;;/h2-16H2,1H3;;. The molecule has 0 N–H and O–H groups in total. The van der Waals surface area contributed by atoms with Gasteiger partial charge in [0, 0.05) is 5.88 Å². The Bertz CT molecular complexity index is 114. The molecule has 106 valence electrons. The molecule has 0 radical (unpaired) electrons. The van der Waals surface area contributed by atoms with Crippen LogP contribution in [-0.4, -0.2) is 35.4 Å². The Morgan fingerprint density at radius 1 is 0.500 bits per heavy atom. The maximum atomic E-state index is 5.64. The van der Waals surface area contributed by atoms with Crippen molar-refractivity contribution >= 4 is 41.2 Å². The van der Waals surface area contributed by atoms with Crippen LogP contribution in [0.3, 0.4) is 0 Å². The molecule has 0 heterocycles. The molecular weight excluding hydrogens is 251 g/mol. The Morgan fingerprint density at radius 3 is 1.06 bits per heavy atom. The Morgan fingerprint density at radius 2 is 0.778 bits per heavy atom. The molecule has 18 heavy (non-hydrogen) atoms. The van der Waals surface area contributed by atoms with Crippen LogP contribution in [0.1, 0.15) is 96.8 Å². The molecule has 2 heteroatoms. The monoisotopic (exact) mass is 284 g/mol. The van der Waals surface area contributed by atoms with E-state index in [-0.39, 0.29) is 29.6 Å². The fourth-order valence-electron chi connectivity index (χ4n) is 2.29. The second-order valence-electron chi connectivity index (χ2n) is 5.29. The van der Waals surface area contributed by atoms with Gasteiger partial charge in [0.25, 0.3) is 0 Å². The fourth-order valence-corrected chi connectivity index (χ4v) is 2.48. The van der Waals surface area contributed by atoms with Crippen molar-refractivity contribution in [2.45, 2.75) is 96.8 Å². The van der Waals surface area contributed by atoms with Crippen molar-refractivity contribution in [2.75, 3.05) is 5.88 Å². The van der Waals surface area contributed by atoms with Crippen molar-refractivity contribution in [3.8, 4) is 0 Å². The molecule has 0 saturated carbocycles. The first-order valence-corrected chi connectivity index (χ1v) is 8.51. The molecule has 0 saturated heterocycles. The van der Waals surface area contributed by atoms with Gasteiger partial charge in [0.05, 0.1) is 0 Å². The van der Waals surface area contributed by atoms with Gasteiger partial charge >= 0.3 is 29.6 Å². The van der Waals surface area contributed by atoms with Crippen LogP contribution in [-0.2, 0) is 0 Å². The van der Waals surface area contributed by atoms with Crippen LogP contribution in [0.4, 0.5) is 0 Å². The van der Waals surface area contributed by atoms with Crippen molar-refractivity contribution in [3.05, 3.63) is 0 Å². The van der Waals surface area contributed by atoms with Crippen molar-refractivity contribution in [3.63, 3.8) is 0 Å². The first-order valence-electron chi connectivity index (χ1n) is 7.97. The summed E-state index contributed by atoms with van der Waals surface area (Å²) in [7, 11) is 0. The van der Waals surface area contributed by atoms with Gasteiger partial charge in [0.1, 0.15) is 0 Å². The van der Waals surface area contributed by atoms with E-state index in [1.165, 1.54) is 89.9 Å². The number of hydrogen-bond donors (Lipinski definition) is 0. The zero-order valence-electron chi connectivity index (χ0n) is 12.0. The average molecular weight is 285 g/mol. The summed E-state index contributed by atoms with van der Waals surface area (Å²) in [5.74, 6) is 0.845. The van der Waals surface area contributed by atoms with Gasteiger partial charge < -0.3 is 0 Å². The van der Waals surface area contributed by atoms with E-state index in [1.54, 1.807) is 0 Å². The zero-order chi connectivity index (χ0) is 12.6. The average Bonchev–Trinajstić information content (AvgIpc) is 2.35. The van der Waals surface area contributed by atoms with Gasteiger partial charge in [0.2, 0.25) is 0 Å². The molecule has 0 aromatic carbocycles. The zero-order valence-corrected chi connectivity index (χ0v) is 12.7. The normalized spacial score (nSPS) is 10.3. The van der Waals surface area contributed by atoms with Crippen molar-refractivity contribution in [1.29, 1.82) is 0 Å². The molecule has 0 atom stereocenters. The van der Waals surface area contributed by atoms with Gasteiger partial charge in [-0.1, -0.05) is 90.4 Å². The number of unbranched alkanes of at least 4 members (excludes halogenated alkanes) is 13. The van der Waals surface area contributed by atoms with Gasteiger partial charge in [-0.2, -0.15) is 0 Å². The predicted molar refractivity (Wildman–Crippen MR) is 88.2 cm³/mol. The van der Waals surface area contributed by atoms with E-state index in [4.69, 9.17) is 11.6 Å². The molecule has 0 nitrogen and oxygen atoms in total. The molecule has 0 aromatic heterocycles. The topological polar surface area (TPSA) is 0 Å². The summed E-state index contributed by atoms with van der Waals surface area (Å²) in [6.45, 7) is 2.28. The quantitative estimate of drug-likeness (QED) is 0.207. The maximum absolute atomic E-state index is 5.64. The second-order valence-corrected chi connectivity index (χ2v) is 5.66. The van der Waals surface area contributed by atoms with Crippen molar-refractivity contribution < 1.29 is 0 Å². The van der Waals surface area contributed by atoms with Crippen LogP contribution in [0.15, 0.2) is 0 Å². The summed E-state index contributed by atoms with van der Waals surface area (Å²) in [6.07, 6.45) is 19.8. The SMILES string of the molecule is CCCCCCCCCCCCCCCCCl.[NaH]. The van der Waals surface area contributed by atoms with Gasteiger partial charge in [-0.05, 0) is 6.42 Å². The molecule has 0 fully saturated rings. The van der Waals surface area contributed by atoms with Gasteiger partial charge in [0.15, 0.2) is 0 Å². The molecule has 0 aliphatic heterocycles. The molecule has 0 amide bonds. The van der Waals surface area contributed by atoms with Crippen LogP contribution in [0, 0.1) is 0 Å². The summed E-state index contributed by atoms with van der Waals surface area (Å²) in [5.41, 5.74) is 0.